The Balaban J connectivity index is 0.00000420. The summed E-state index contributed by atoms with van der Waals surface area (Å²) in [5.41, 5.74) is 1.34. The number of nitrogens with zero attached hydrogens (tertiary/aromatic N) is 2. The summed E-state index contributed by atoms with van der Waals surface area (Å²) in [6.07, 6.45) is 3.63. The van der Waals surface area contributed by atoms with Crippen LogP contribution in [0.3, 0.4) is 0 Å². The number of furan rings is 1. The molecule has 1 heterocycles. The van der Waals surface area contributed by atoms with Gasteiger partial charge in [0, 0.05) is 39.3 Å². The number of rotatable bonds is 12. The van der Waals surface area contributed by atoms with E-state index in [4.69, 9.17) is 9.15 Å². The first kappa shape index (κ1) is 25.5. The Labute approximate surface area is 192 Å². The summed E-state index contributed by atoms with van der Waals surface area (Å²) in [6.45, 7) is 6.14. The highest BCUT2D eigenvalue weighted by Crippen LogP contribution is 2.07. The Bertz CT molecular complexity index is 665. The topological polar surface area (TPSA) is 62.0 Å². The molecule has 1 aromatic heterocycles. The van der Waals surface area contributed by atoms with Gasteiger partial charge in [0.25, 0.3) is 0 Å². The van der Waals surface area contributed by atoms with Gasteiger partial charge in [-0.3, -0.25) is 9.89 Å². The van der Waals surface area contributed by atoms with E-state index >= 15 is 0 Å². The number of aliphatic imine (C=N–C) groups is 1. The molecule has 0 saturated carbocycles. The monoisotopic (exact) mass is 514 g/mol. The fourth-order valence-electron chi connectivity index (χ4n) is 2.82. The highest BCUT2D eigenvalue weighted by atomic mass is 127. The number of nitrogens with one attached hydrogen (secondary N) is 2. The average molecular weight is 514 g/mol. The molecule has 0 amide bonds. The van der Waals surface area contributed by atoms with Gasteiger partial charge < -0.3 is 19.8 Å². The summed E-state index contributed by atoms with van der Waals surface area (Å²) in [4.78, 5) is 6.66. The fraction of sp³-hybridized carbons (Fsp3) is 0.500. The lowest BCUT2D eigenvalue weighted by molar-refractivity contribution is 0.105. The van der Waals surface area contributed by atoms with Crippen LogP contribution in [0.5, 0.6) is 0 Å². The molecule has 0 bridgehead atoms. The van der Waals surface area contributed by atoms with Crippen molar-refractivity contribution in [2.45, 2.75) is 39.0 Å². The third-order valence-electron chi connectivity index (χ3n) is 4.69. The molecule has 0 spiro atoms. The molecule has 1 aromatic carbocycles. The van der Waals surface area contributed by atoms with Gasteiger partial charge in [-0.1, -0.05) is 30.3 Å². The van der Waals surface area contributed by atoms with Gasteiger partial charge in [-0.15, -0.1) is 24.0 Å². The number of benzene rings is 1. The summed E-state index contributed by atoms with van der Waals surface area (Å²) >= 11 is 0. The summed E-state index contributed by atoms with van der Waals surface area (Å²) < 4.78 is 10.8. The number of hydrogen-bond acceptors (Lipinski definition) is 4. The number of guanidine groups is 1. The molecular formula is C22H35IN4O2. The van der Waals surface area contributed by atoms with E-state index in [-0.39, 0.29) is 24.0 Å². The smallest absolute Gasteiger partial charge is 0.190 e. The summed E-state index contributed by atoms with van der Waals surface area (Å²) in [5.74, 6) is 1.70. The van der Waals surface area contributed by atoms with Crippen molar-refractivity contribution in [3.05, 3.63) is 60.1 Å². The molecule has 29 heavy (non-hydrogen) atoms. The molecule has 1 unspecified atom stereocenters. The van der Waals surface area contributed by atoms with Gasteiger partial charge in [0.15, 0.2) is 5.96 Å². The lowest BCUT2D eigenvalue weighted by Gasteiger charge is -2.25. The fourth-order valence-corrected chi connectivity index (χ4v) is 2.82. The lowest BCUT2D eigenvalue weighted by atomic mass is 10.1. The highest BCUT2D eigenvalue weighted by molar-refractivity contribution is 14.0. The van der Waals surface area contributed by atoms with Crippen LogP contribution in [0.25, 0.3) is 0 Å². The van der Waals surface area contributed by atoms with Crippen LogP contribution in [0.15, 0.2) is 58.1 Å². The summed E-state index contributed by atoms with van der Waals surface area (Å²) in [5, 5.41) is 6.72. The van der Waals surface area contributed by atoms with Gasteiger partial charge in [0.2, 0.25) is 0 Å². The van der Waals surface area contributed by atoms with E-state index < -0.39 is 0 Å². The average Bonchev–Trinajstić information content (AvgIpc) is 3.23. The van der Waals surface area contributed by atoms with Crippen LogP contribution >= 0.6 is 24.0 Å². The first-order valence-electron chi connectivity index (χ1n) is 9.98. The van der Waals surface area contributed by atoms with E-state index in [0.717, 1.165) is 44.2 Å². The Morgan fingerprint density at radius 1 is 1.14 bits per heavy atom. The van der Waals surface area contributed by atoms with Crippen LogP contribution in [0, 0.1) is 0 Å². The first-order chi connectivity index (χ1) is 13.7. The minimum absolute atomic E-state index is 0. The third-order valence-corrected chi connectivity index (χ3v) is 4.69. The maximum atomic E-state index is 5.58. The van der Waals surface area contributed by atoms with Crippen molar-refractivity contribution in [2.24, 2.45) is 4.99 Å². The molecule has 0 aliphatic rings. The second-order valence-corrected chi connectivity index (χ2v) is 6.95. The minimum Gasteiger partial charge on any atom is -0.467 e. The summed E-state index contributed by atoms with van der Waals surface area (Å²) in [6, 6.07) is 14.9. The van der Waals surface area contributed by atoms with Crippen molar-refractivity contribution in [2.75, 3.05) is 33.8 Å². The van der Waals surface area contributed by atoms with E-state index in [1.54, 1.807) is 13.3 Å². The second-order valence-electron chi connectivity index (χ2n) is 6.95. The molecule has 2 N–H and O–H groups in total. The largest absolute Gasteiger partial charge is 0.467 e. The molecule has 1 atom stereocenters. The standard InChI is InChI=1S/C22H34N4O2.HI/c1-19(26(3)17-20-9-5-4-6-10-20)12-14-25-22(23-2)24-13-8-15-27-18-21-11-7-16-28-21;/h4-7,9-11,16,19H,8,12-15,17-18H2,1-3H3,(H2,23,24,25);1H. The van der Waals surface area contributed by atoms with Crippen molar-refractivity contribution in [1.82, 2.24) is 15.5 Å². The van der Waals surface area contributed by atoms with Crippen LogP contribution in [-0.4, -0.2) is 50.7 Å². The maximum absolute atomic E-state index is 5.58. The maximum Gasteiger partial charge on any atom is 0.190 e. The minimum atomic E-state index is 0. The molecule has 0 radical (unpaired) electrons. The molecule has 2 rings (SSSR count). The Hall–Kier alpha value is -1.58. The quantitative estimate of drug-likeness (QED) is 0.195. The molecule has 6 nitrogen and oxygen atoms in total. The van der Waals surface area contributed by atoms with Crippen molar-refractivity contribution in [3.8, 4) is 0 Å². The van der Waals surface area contributed by atoms with Crippen molar-refractivity contribution < 1.29 is 9.15 Å². The molecular weight excluding hydrogens is 479 g/mol. The van der Waals surface area contributed by atoms with Gasteiger partial charge in [0.05, 0.1) is 6.26 Å². The third kappa shape index (κ3) is 10.7. The zero-order chi connectivity index (χ0) is 20.0. The van der Waals surface area contributed by atoms with Crippen LogP contribution in [-0.2, 0) is 17.9 Å². The van der Waals surface area contributed by atoms with E-state index in [1.165, 1.54) is 5.56 Å². The molecule has 2 aromatic rings. The van der Waals surface area contributed by atoms with E-state index in [0.29, 0.717) is 19.3 Å². The zero-order valence-corrected chi connectivity index (χ0v) is 20.1. The van der Waals surface area contributed by atoms with Crippen molar-refractivity contribution in [3.63, 3.8) is 0 Å². The van der Waals surface area contributed by atoms with Gasteiger partial charge in [-0.05, 0) is 44.5 Å². The van der Waals surface area contributed by atoms with Crippen molar-refractivity contribution >= 4 is 29.9 Å². The van der Waals surface area contributed by atoms with Crippen molar-refractivity contribution in [1.29, 1.82) is 0 Å². The summed E-state index contributed by atoms with van der Waals surface area (Å²) in [7, 11) is 3.97. The van der Waals surface area contributed by atoms with Gasteiger partial charge in [-0.25, -0.2) is 0 Å². The van der Waals surface area contributed by atoms with E-state index in [1.807, 2.05) is 12.1 Å². The van der Waals surface area contributed by atoms with Crippen LogP contribution < -0.4 is 10.6 Å². The van der Waals surface area contributed by atoms with Gasteiger partial charge in [-0.2, -0.15) is 0 Å². The second kappa shape index (κ2) is 15.3. The van der Waals surface area contributed by atoms with Crippen LogP contribution in [0.4, 0.5) is 0 Å². The number of halogens is 1. The first-order valence-corrected chi connectivity index (χ1v) is 9.98. The number of ether oxygens (including phenoxy) is 1. The van der Waals surface area contributed by atoms with Crippen LogP contribution in [0.2, 0.25) is 0 Å². The molecule has 0 aliphatic carbocycles. The zero-order valence-electron chi connectivity index (χ0n) is 17.8. The molecule has 0 aliphatic heterocycles. The van der Waals surface area contributed by atoms with Crippen LogP contribution in [0.1, 0.15) is 31.1 Å². The van der Waals surface area contributed by atoms with E-state index in [9.17, 15) is 0 Å². The van der Waals surface area contributed by atoms with Gasteiger partial charge >= 0.3 is 0 Å². The molecule has 0 fully saturated rings. The molecule has 162 valence electrons. The Kier molecular flexibility index (Phi) is 13.4. The highest BCUT2D eigenvalue weighted by Gasteiger charge is 2.09. The number of hydrogen-bond donors (Lipinski definition) is 2. The molecule has 7 heteroatoms. The lowest BCUT2D eigenvalue weighted by Crippen LogP contribution is -2.40. The normalized spacial score (nSPS) is 12.5. The molecule has 0 saturated heterocycles. The Morgan fingerprint density at radius 3 is 2.59 bits per heavy atom. The SMILES string of the molecule is CN=C(NCCCOCc1ccco1)NCCC(C)N(C)Cc1ccccc1.I. The predicted molar refractivity (Wildman–Crippen MR) is 130 cm³/mol. The predicted octanol–water partition coefficient (Wildman–Crippen LogP) is 3.88. The van der Waals surface area contributed by atoms with Gasteiger partial charge in [0.1, 0.15) is 12.4 Å². The Morgan fingerprint density at radius 2 is 1.90 bits per heavy atom. The van der Waals surface area contributed by atoms with E-state index in [2.05, 4.69) is 64.8 Å².